The van der Waals surface area contributed by atoms with Crippen LogP contribution in [0.2, 0.25) is 0 Å². The highest BCUT2D eigenvalue weighted by Gasteiger charge is 2.40. The monoisotopic (exact) mass is 217 g/mol. The van der Waals surface area contributed by atoms with Crippen molar-refractivity contribution in [1.82, 2.24) is 0 Å². The molecule has 1 aromatic rings. The Labute approximate surface area is 82.9 Å². The maximum atomic E-state index is 12.1. The zero-order chi connectivity index (χ0) is 11.5. The van der Waals surface area contributed by atoms with Gasteiger partial charge in [0, 0.05) is 0 Å². The highest BCUT2D eigenvalue weighted by atomic mass is 19.4. The van der Waals surface area contributed by atoms with Crippen LogP contribution in [-0.4, -0.2) is 18.4 Å². The van der Waals surface area contributed by atoms with Gasteiger partial charge in [0.1, 0.15) is 0 Å². The van der Waals surface area contributed by atoms with Gasteiger partial charge in [-0.3, -0.25) is 9.59 Å². The van der Waals surface area contributed by atoms with Gasteiger partial charge in [0.05, 0.1) is 11.3 Å². The van der Waals surface area contributed by atoms with Crippen LogP contribution in [0.3, 0.4) is 0 Å². The lowest BCUT2D eigenvalue weighted by Crippen LogP contribution is -2.23. The van der Waals surface area contributed by atoms with Crippen LogP contribution >= 0.6 is 0 Å². The Hall–Kier alpha value is -1.85. The third-order valence-electron chi connectivity index (χ3n) is 1.64. The fraction of sp³-hybridized carbons (Fsp3) is 0.111. The number of anilines is 1. The fourth-order valence-electron chi connectivity index (χ4n) is 1.02. The summed E-state index contributed by atoms with van der Waals surface area (Å²) in [5.74, 6) is -1.98. The standard InChI is InChI=1S/C9H6F3NO2/c10-9(11,12)8(15)6-3-1-2-4-7(6)13-5-14/h1-5H,(H,13,14). The number of nitrogens with one attached hydrogen (secondary N) is 1. The van der Waals surface area contributed by atoms with Crippen molar-refractivity contribution >= 4 is 17.9 Å². The molecule has 0 fully saturated rings. The largest absolute Gasteiger partial charge is 0.454 e. The van der Waals surface area contributed by atoms with Gasteiger partial charge in [-0.1, -0.05) is 12.1 Å². The minimum Gasteiger partial charge on any atom is -0.328 e. The number of hydrogen-bond acceptors (Lipinski definition) is 2. The van der Waals surface area contributed by atoms with Gasteiger partial charge in [-0.25, -0.2) is 0 Å². The molecule has 15 heavy (non-hydrogen) atoms. The van der Waals surface area contributed by atoms with Crippen LogP contribution < -0.4 is 5.32 Å². The molecule has 1 N–H and O–H groups in total. The number of para-hydroxylation sites is 1. The first kappa shape index (κ1) is 11.2. The van der Waals surface area contributed by atoms with E-state index in [9.17, 15) is 22.8 Å². The van der Waals surface area contributed by atoms with E-state index in [2.05, 4.69) is 0 Å². The van der Waals surface area contributed by atoms with Gasteiger partial charge in [0.25, 0.3) is 5.78 Å². The second kappa shape index (κ2) is 4.12. The molecular weight excluding hydrogens is 211 g/mol. The fourth-order valence-corrected chi connectivity index (χ4v) is 1.02. The van der Waals surface area contributed by atoms with Crippen LogP contribution in [0.1, 0.15) is 10.4 Å². The second-order valence-electron chi connectivity index (χ2n) is 2.63. The predicted octanol–water partition coefficient (Wildman–Crippen LogP) is 2.00. The second-order valence-corrected chi connectivity index (χ2v) is 2.63. The zero-order valence-electron chi connectivity index (χ0n) is 7.34. The van der Waals surface area contributed by atoms with Crippen molar-refractivity contribution in [2.24, 2.45) is 0 Å². The summed E-state index contributed by atoms with van der Waals surface area (Å²) in [6.07, 6.45) is -4.73. The molecule has 0 bridgehead atoms. The molecule has 0 aliphatic carbocycles. The van der Waals surface area contributed by atoms with Crippen molar-refractivity contribution in [3.8, 4) is 0 Å². The van der Waals surface area contributed by atoms with Crippen molar-refractivity contribution in [1.29, 1.82) is 0 Å². The number of Topliss-reactive ketones (excluding diaryl/α,β-unsaturated/α-hetero) is 1. The van der Waals surface area contributed by atoms with Crippen LogP contribution in [0, 0.1) is 0 Å². The summed E-state index contributed by atoms with van der Waals surface area (Å²) in [6, 6.07) is 4.92. The molecule has 1 aromatic carbocycles. The summed E-state index contributed by atoms with van der Waals surface area (Å²) < 4.78 is 36.3. The first-order valence-electron chi connectivity index (χ1n) is 3.87. The van der Waals surface area contributed by atoms with E-state index in [1.165, 1.54) is 18.2 Å². The van der Waals surface area contributed by atoms with Crippen molar-refractivity contribution in [3.05, 3.63) is 29.8 Å². The molecule has 0 aromatic heterocycles. The summed E-state index contributed by atoms with van der Waals surface area (Å²) in [5.41, 5.74) is -0.730. The molecule has 0 radical (unpaired) electrons. The number of carbonyl (C=O) groups is 2. The Morgan fingerprint density at radius 2 is 1.87 bits per heavy atom. The van der Waals surface area contributed by atoms with Crippen LogP contribution in [0.4, 0.5) is 18.9 Å². The molecule has 3 nitrogen and oxygen atoms in total. The molecule has 1 amide bonds. The Morgan fingerprint density at radius 3 is 2.40 bits per heavy atom. The Morgan fingerprint density at radius 1 is 1.27 bits per heavy atom. The number of rotatable bonds is 3. The summed E-state index contributed by atoms with van der Waals surface area (Å²) in [5, 5.41) is 2.03. The van der Waals surface area contributed by atoms with Gasteiger partial charge >= 0.3 is 6.18 Å². The van der Waals surface area contributed by atoms with E-state index in [1.54, 1.807) is 0 Å². The predicted molar refractivity (Wildman–Crippen MR) is 46.5 cm³/mol. The van der Waals surface area contributed by atoms with Crippen molar-refractivity contribution in [2.45, 2.75) is 6.18 Å². The van der Waals surface area contributed by atoms with E-state index in [-0.39, 0.29) is 12.1 Å². The van der Waals surface area contributed by atoms with Gasteiger partial charge < -0.3 is 5.32 Å². The van der Waals surface area contributed by atoms with E-state index in [0.29, 0.717) is 0 Å². The van der Waals surface area contributed by atoms with Gasteiger partial charge in [-0.15, -0.1) is 0 Å². The number of benzene rings is 1. The summed E-state index contributed by atoms with van der Waals surface area (Å²) in [7, 11) is 0. The highest BCUT2D eigenvalue weighted by Crippen LogP contribution is 2.25. The summed E-state index contributed by atoms with van der Waals surface area (Å²) >= 11 is 0. The van der Waals surface area contributed by atoms with Gasteiger partial charge in [-0.2, -0.15) is 13.2 Å². The number of ketones is 1. The third-order valence-corrected chi connectivity index (χ3v) is 1.64. The first-order valence-corrected chi connectivity index (χ1v) is 3.87. The van der Waals surface area contributed by atoms with Crippen molar-refractivity contribution in [3.63, 3.8) is 0 Å². The lowest BCUT2D eigenvalue weighted by atomic mass is 10.1. The third kappa shape index (κ3) is 2.55. The molecule has 0 atom stereocenters. The van der Waals surface area contributed by atoms with Gasteiger partial charge in [0.15, 0.2) is 0 Å². The maximum absolute atomic E-state index is 12.1. The van der Waals surface area contributed by atoms with Crippen LogP contribution in [0.25, 0.3) is 0 Å². The van der Waals surface area contributed by atoms with E-state index in [4.69, 9.17) is 0 Å². The lowest BCUT2D eigenvalue weighted by molar-refractivity contribution is -0.105. The van der Waals surface area contributed by atoms with Crippen molar-refractivity contribution < 1.29 is 22.8 Å². The number of hydrogen-bond donors (Lipinski definition) is 1. The normalized spacial score (nSPS) is 10.9. The molecule has 1 rings (SSSR count). The number of carbonyl (C=O) groups excluding carboxylic acids is 2. The smallest absolute Gasteiger partial charge is 0.328 e. The van der Waals surface area contributed by atoms with E-state index in [0.717, 1.165) is 6.07 Å². The number of halogens is 3. The molecule has 0 saturated carbocycles. The topological polar surface area (TPSA) is 46.2 Å². The molecule has 0 saturated heterocycles. The lowest BCUT2D eigenvalue weighted by Gasteiger charge is -2.08. The van der Waals surface area contributed by atoms with E-state index < -0.39 is 17.5 Å². The Balaban J connectivity index is 3.13. The molecule has 0 spiro atoms. The summed E-state index contributed by atoms with van der Waals surface area (Å²) in [4.78, 5) is 21.0. The molecule has 80 valence electrons. The van der Waals surface area contributed by atoms with Crippen LogP contribution in [-0.2, 0) is 4.79 Å². The Bertz CT molecular complexity index is 387. The average Bonchev–Trinajstić information content (AvgIpc) is 2.17. The number of alkyl halides is 3. The molecular formula is C9H6F3NO2. The minimum absolute atomic E-state index is 0.158. The highest BCUT2D eigenvalue weighted by molar-refractivity contribution is 6.05. The van der Waals surface area contributed by atoms with Gasteiger partial charge in [0.2, 0.25) is 6.41 Å². The first-order chi connectivity index (χ1) is 6.96. The quantitative estimate of drug-likeness (QED) is 0.621. The average molecular weight is 217 g/mol. The minimum atomic E-state index is -4.94. The molecule has 6 heteroatoms. The molecule has 0 heterocycles. The van der Waals surface area contributed by atoms with E-state index in [1.807, 2.05) is 5.32 Å². The summed E-state index contributed by atoms with van der Waals surface area (Å²) in [6.45, 7) is 0. The zero-order valence-corrected chi connectivity index (χ0v) is 7.34. The maximum Gasteiger partial charge on any atom is 0.454 e. The van der Waals surface area contributed by atoms with Crippen LogP contribution in [0.5, 0.6) is 0 Å². The Kier molecular flexibility index (Phi) is 3.08. The molecule has 0 aliphatic rings. The van der Waals surface area contributed by atoms with Gasteiger partial charge in [-0.05, 0) is 12.1 Å². The van der Waals surface area contributed by atoms with Crippen molar-refractivity contribution in [2.75, 3.05) is 5.32 Å². The number of amides is 1. The molecule has 0 aliphatic heterocycles. The SMILES string of the molecule is O=CNc1ccccc1C(=O)C(F)(F)F. The molecule has 0 unspecified atom stereocenters. The van der Waals surface area contributed by atoms with Crippen LogP contribution in [0.15, 0.2) is 24.3 Å². The van der Waals surface area contributed by atoms with E-state index >= 15 is 0 Å².